The third-order valence-electron chi connectivity index (χ3n) is 4.29. The van der Waals surface area contributed by atoms with Crippen molar-refractivity contribution < 1.29 is 14.3 Å². The normalized spacial score (nSPS) is 23.4. The smallest absolute Gasteiger partial charge is 0.287 e. The van der Waals surface area contributed by atoms with Crippen LogP contribution in [0.5, 0.6) is 0 Å². The Morgan fingerprint density at radius 2 is 1.50 bits per heavy atom. The molecule has 4 rings (SSSR count). The Morgan fingerprint density at radius 1 is 0.909 bits per heavy atom. The Morgan fingerprint density at radius 3 is 2.14 bits per heavy atom. The van der Waals surface area contributed by atoms with Gasteiger partial charge in [-0.05, 0) is 17.7 Å². The molecule has 2 fully saturated rings. The molecule has 2 aliphatic rings. The van der Waals surface area contributed by atoms with Crippen molar-refractivity contribution in [1.29, 1.82) is 0 Å². The fourth-order valence-electron chi connectivity index (χ4n) is 3.28. The quantitative estimate of drug-likeness (QED) is 0.855. The Labute approximate surface area is 129 Å². The van der Waals surface area contributed by atoms with Crippen LogP contribution in [0.25, 0.3) is 0 Å². The third-order valence-corrected chi connectivity index (χ3v) is 4.29. The topological polar surface area (TPSA) is 38.8 Å². The summed E-state index contributed by atoms with van der Waals surface area (Å²) in [5.74, 6) is -1.22. The molecule has 4 heteroatoms. The van der Waals surface area contributed by atoms with Crippen LogP contribution in [0, 0.1) is 0 Å². The molecule has 112 valence electrons. The van der Waals surface area contributed by atoms with E-state index in [4.69, 9.17) is 9.47 Å². The van der Waals surface area contributed by atoms with Crippen LogP contribution in [-0.4, -0.2) is 24.9 Å². The van der Waals surface area contributed by atoms with Crippen molar-refractivity contribution in [2.24, 2.45) is 0 Å². The van der Waals surface area contributed by atoms with Gasteiger partial charge in [-0.1, -0.05) is 48.5 Å². The van der Waals surface area contributed by atoms with Crippen LogP contribution in [0.15, 0.2) is 60.7 Å². The van der Waals surface area contributed by atoms with Gasteiger partial charge >= 0.3 is 0 Å². The zero-order valence-electron chi connectivity index (χ0n) is 12.1. The van der Waals surface area contributed by atoms with E-state index in [0.717, 1.165) is 11.3 Å². The molecule has 0 N–H and O–H groups in total. The van der Waals surface area contributed by atoms with Gasteiger partial charge in [-0.25, -0.2) is 0 Å². The van der Waals surface area contributed by atoms with Gasteiger partial charge in [-0.2, -0.15) is 0 Å². The summed E-state index contributed by atoms with van der Waals surface area (Å²) in [7, 11) is 0. The molecule has 2 aromatic carbocycles. The number of para-hydroxylation sites is 1. The number of carbonyl (C=O) groups excluding carboxylic acids is 1. The zero-order valence-corrected chi connectivity index (χ0v) is 12.1. The molecule has 22 heavy (non-hydrogen) atoms. The van der Waals surface area contributed by atoms with Gasteiger partial charge in [-0.15, -0.1) is 0 Å². The summed E-state index contributed by atoms with van der Waals surface area (Å²) in [5.41, 5.74) is 1.97. The summed E-state index contributed by atoms with van der Waals surface area (Å²) in [4.78, 5) is 14.8. The lowest BCUT2D eigenvalue weighted by Gasteiger charge is -2.25. The monoisotopic (exact) mass is 295 g/mol. The number of rotatable bonds is 2. The van der Waals surface area contributed by atoms with E-state index in [1.165, 1.54) is 0 Å². The van der Waals surface area contributed by atoms with E-state index in [9.17, 15) is 4.79 Å². The molecule has 4 nitrogen and oxygen atoms in total. The van der Waals surface area contributed by atoms with Crippen molar-refractivity contribution >= 4 is 11.6 Å². The number of carbonyl (C=O) groups is 1. The van der Waals surface area contributed by atoms with Gasteiger partial charge in [0.25, 0.3) is 11.7 Å². The van der Waals surface area contributed by atoms with Gasteiger partial charge < -0.3 is 14.4 Å². The first-order chi connectivity index (χ1) is 10.8. The van der Waals surface area contributed by atoms with Crippen LogP contribution in [0.3, 0.4) is 0 Å². The lowest BCUT2D eigenvalue weighted by atomic mass is 10.0. The van der Waals surface area contributed by atoms with E-state index < -0.39 is 5.79 Å². The van der Waals surface area contributed by atoms with E-state index >= 15 is 0 Å². The molecule has 0 unspecified atom stereocenters. The SMILES string of the molecule is O=C1N(c2ccccc2)[C@H](c2ccccc2)CC12OCCO2. The second-order valence-electron chi connectivity index (χ2n) is 5.59. The maximum atomic E-state index is 13.0. The summed E-state index contributed by atoms with van der Waals surface area (Å²) in [6.45, 7) is 0.936. The molecule has 0 radical (unpaired) electrons. The molecule has 2 saturated heterocycles. The number of hydrogen-bond donors (Lipinski definition) is 0. The minimum Gasteiger partial charge on any atom is -0.340 e. The molecular formula is C18H17NO3. The molecule has 1 atom stereocenters. The summed E-state index contributed by atoms with van der Waals surface area (Å²) in [6.07, 6.45) is 0.519. The average molecular weight is 295 g/mol. The lowest BCUT2D eigenvalue weighted by Crippen LogP contribution is -2.41. The summed E-state index contributed by atoms with van der Waals surface area (Å²) in [5, 5.41) is 0. The van der Waals surface area contributed by atoms with Gasteiger partial charge in [0.2, 0.25) is 0 Å². The van der Waals surface area contributed by atoms with Crippen molar-refractivity contribution in [1.82, 2.24) is 0 Å². The van der Waals surface area contributed by atoms with E-state index in [-0.39, 0.29) is 11.9 Å². The van der Waals surface area contributed by atoms with Gasteiger partial charge in [0.15, 0.2) is 0 Å². The average Bonchev–Trinajstić information content (AvgIpc) is 3.16. The van der Waals surface area contributed by atoms with Gasteiger partial charge in [0, 0.05) is 12.1 Å². The molecule has 0 aromatic heterocycles. The highest BCUT2D eigenvalue weighted by atomic mass is 16.7. The first-order valence-electron chi connectivity index (χ1n) is 7.52. The number of hydrogen-bond acceptors (Lipinski definition) is 3. The van der Waals surface area contributed by atoms with E-state index in [0.29, 0.717) is 19.6 Å². The van der Waals surface area contributed by atoms with E-state index in [1.807, 2.05) is 60.7 Å². The fraction of sp³-hybridized carbons (Fsp3) is 0.278. The van der Waals surface area contributed by atoms with Gasteiger partial charge in [0.05, 0.1) is 19.3 Å². The number of benzene rings is 2. The minimum absolute atomic E-state index is 0.0748. The van der Waals surface area contributed by atoms with Crippen LogP contribution < -0.4 is 4.90 Å². The van der Waals surface area contributed by atoms with E-state index in [2.05, 4.69) is 0 Å². The highest BCUT2D eigenvalue weighted by Gasteiger charge is 2.56. The summed E-state index contributed by atoms with van der Waals surface area (Å²) >= 11 is 0. The second-order valence-corrected chi connectivity index (χ2v) is 5.59. The highest BCUT2D eigenvalue weighted by molar-refractivity contribution is 6.02. The predicted octanol–water partition coefficient (Wildman–Crippen LogP) is 2.91. The Kier molecular flexibility index (Phi) is 3.21. The van der Waals surface area contributed by atoms with Crippen molar-refractivity contribution in [2.75, 3.05) is 18.1 Å². The standard InChI is InChI=1S/C18H17NO3/c20-17-18(21-11-12-22-18)13-16(14-7-3-1-4-8-14)19(17)15-9-5-2-6-10-15/h1-10,16H,11-13H2/t16-/m0/s1. The zero-order chi connectivity index (χ0) is 15.0. The van der Waals surface area contributed by atoms with Crippen LogP contribution >= 0.6 is 0 Å². The van der Waals surface area contributed by atoms with Crippen molar-refractivity contribution in [3.63, 3.8) is 0 Å². The van der Waals surface area contributed by atoms with Crippen molar-refractivity contribution in [2.45, 2.75) is 18.2 Å². The van der Waals surface area contributed by atoms with Gasteiger partial charge in [-0.3, -0.25) is 4.79 Å². The highest BCUT2D eigenvalue weighted by Crippen LogP contribution is 2.45. The summed E-state index contributed by atoms with van der Waals surface area (Å²) in [6, 6.07) is 19.7. The molecule has 1 spiro atoms. The number of ether oxygens (including phenoxy) is 2. The second kappa shape index (κ2) is 5.23. The largest absolute Gasteiger partial charge is 0.340 e. The maximum Gasteiger partial charge on any atom is 0.287 e. The Hall–Kier alpha value is -2.17. The first kappa shape index (κ1) is 13.5. The molecule has 1 amide bonds. The van der Waals surface area contributed by atoms with E-state index in [1.54, 1.807) is 4.90 Å². The van der Waals surface area contributed by atoms with Crippen LogP contribution in [0.2, 0.25) is 0 Å². The molecule has 0 bridgehead atoms. The predicted molar refractivity (Wildman–Crippen MR) is 82.4 cm³/mol. The maximum absolute atomic E-state index is 13.0. The molecular weight excluding hydrogens is 278 g/mol. The molecule has 2 aliphatic heterocycles. The van der Waals surface area contributed by atoms with Crippen LogP contribution in [0.1, 0.15) is 18.0 Å². The Balaban J connectivity index is 1.79. The first-order valence-corrected chi connectivity index (χ1v) is 7.52. The van der Waals surface area contributed by atoms with Gasteiger partial charge in [0.1, 0.15) is 0 Å². The molecule has 0 aliphatic carbocycles. The van der Waals surface area contributed by atoms with Crippen molar-refractivity contribution in [3.8, 4) is 0 Å². The Bertz CT molecular complexity index is 665. The summed E-state index contributed by atoms with van der Waals surface area (Å²) < 4.78 is 11.4. The molecule has 2 heterocycles. The minimum atomic E-state index is -1.11. The number of amides is 1. The van der Waals surface area contributed by atoms with Crippen LogP contribution in [0.4, 0.5) is 5.69 Å². The van der Waals surface area contributed by atoms with Crippen LogP contribution in [-0.2, 0) is 14.3 Å². The molecule has 0 saturated carbocycles. The third kappa shape index (κ3) is 2.03. The number of anilines is 1. The van der Waals surface area contributed by atoms with Crippen molar-refractivity contribution in [3.05, 3.63) is 66.2 Å². The lowest BCUT2D eigenvalue weighted by molar-refractivity contribution is -0.173. The number of nitrogens with zero attached hydrogens (tertiary/aromatic N) is 1. The fourth-order valence-corrected chi connectivity index (χ4v) is 3.28. The molecule has 2 aromatic rings.